The minimum absolute atomic E-state index is 0. The summed E-state index contributed by atoms with van der Waals surface area (Å²) in [6.45, 7) is 2.05. The number of nitrogen functional groups attached to an aromatic ring is 1. The molecular weight excluding hydrogens is 925 g/mol. The normalized spacial score (nSPS) is 17.0. The Morgan fingerprint density at radius 1 is 1.05 bits per heavy atom. The van der Waals surface area contributed by atoms with E-state index in [1.54, 1.807) is 0 Å². The molecule has 0 radical (unpaired) electrons. The summed E-state index contributed by atoms with van der Waals surface area (Å²) in [6.07, 6.45) is 5.07. The van der Waals surface area contributed by atoms with Crippen LogP contribution in [-0.4, -0.2) is 61.8 Å². The third-order valence-electron chi connectivity index (χ3n) is 6.46. The second-order valence-corrected chi connectivity index (χ2v) is 21.5. The number of esters is 1. The van der Waals surface area contributed by atoms with Crippen molar-refractivity contribution in [1.29, 1.82) is 0 Å². The van der Waals surface area contributed by atoms with Gasteiger partial charge in [0.2, 0.25) is 0 Å². The van der Waals surface area contributed by atoms with Crippen LogP contribution in [0, 0.1) is 5.92 Å². The van der Waals surface area contributed by atoms with Crippen LogP contribution in [0.2, 0.25) is 0 Å². The number of benzene rings is 2. The first kappa shape index (κ1) is 38.5. The number of halogens is 4. The number of carbonyl (C=O) groups excluding carboxylic acids is 2. The molecule has 0 spiro atoms. The Hall–Kier alpha value is -0.496. The van der Waals surface area contributed by atoms with Gasteiger partial charge in [-0.3, -0.25) is 10.6 Å². The molecule has 3 heterocycles. The number of nitrogens with two attached hydrogens (primary N) is 1. The van der Waals surface area contributed by atoms with Gasteiger partial charge in [-0.05, 0) is 74.3 Å². The fourth-order valence-electron chi connectivity index (χ4n) is 4.49. The van der Waals surface area contributed by atoms with Crippen LogP contribution in [0.3, 0.4) is 0 Å². The van der Waals surface area contributed by atoms with Gasteiger partial charge in [-0.25, -0.2) is 4.79 Å². The van der Waals surface area contributed by atoms with Crippen molar-refractivity contribution in [1.82, 2.24) is 15.2 Å². The summed E-state index contributed by atoms with van der Waals surface area (Å²) in [5.74, 6) is 5.53. The zero-order valence-electron chi connectivity index (χ0n) is 22.9. The molecule has 2 aromatic carbocycles. The maximum atomic E-state index is 11.2. The molecule has 0 bridgehead atoms. The van der Waals surface area contributed by atoms with Crippen molar-refractivity contribution in [3.8, 4) is 0 Å². The van der Waals surface area contributed by atoms with Crippen molar-refractivity contribution >= 4 is 105 Å². The molecule has 3 aromatic rings. The van der Waals surface area contributed by atoms with E-state index in [1.165, 1.54) is 22.0 Å². The average Bonchev–Trinajstić information content (AvgIpc) is 3.64. The van der Waals surface area contributed by atoms with E-state index in [9.17, 15) is 9.59 Å². The van der Waals surface area contributed by atoms with Crippen LogP contribution in [0.4, 0.5) is 10.5 Å². The molecule has 1 amide bonds. The number of carbonyl (C=O) groups is 2. The van der Waals surface area contributed by atoms with Crippen LogP contribution in [0.25, 0.3) is 10.9 Å². The molecule has 2 fully saturated rings. The number of H-pyrrole nitrogens is 1. The summed E-state index contributed by atoms with van der Waals surface area (Å²) in [5.41, 5.74) is 8.41. The third-order valence-corrected chi connectivity index (χ3v) is 6.46. The molecule has 227 valence electrons. The van der Waals surface area contributed by atoms with E-state index in [0.29, 0.717) is 35.0 Å². The maximum absolute atomic E-state index is 11.2. The summed E-state index contributed by atoms with van der Waals surface area (Å²) in [5, 5.41) is 4.03. The summed E-state index contributed by atoms with van der Waals surface area (Å²) in [4.78, 5) is 27.5. The molecule has 2 saturated heterocycles. The number of hydrogen-bond acceptors (Lipinski definition) is 7. The Bertz CT molecular complexity index is 1220. The predicted octanol–water partition coefficient (Wildman–Crippen LogP) is 5.81. The molecule has 1 aromatic heterocycles. The Kier molecular flexibility index (Phi) is 19.2. The van der Waals surface area contributed by atoms with E-state index < -0.39 is 0 Å². The van der Waals surface area contributed by atoms with Gasteiger partial charge < -0.3 is 30.1 Å². The number of anilines is 1. The van der Waals surface area contributed by atoms with Crippen LogP contribution in [-0.2, 0) is 43.0 Å². The van der Waals surface area contributed by atoms with E-state index >= 15 is 0 Å². The average molecular weight is 963 g/mol. The molecule has 2 atom stereocenters. The first-order valence-corrected chi connectivity index (χ1v) is 21.6. The van der Waals surface area contributed by atoms with Gasteiger partial charge in [0, 0.05) is 35.2 Å². The fourth-order valence-corrected chi connectivity index (χ4v) is 4.49. The van der Waals surface area contributed by atoms with Gasteiger partial charge >= 0.3 is 61.5 Å². The van der Waals surface area contributed by atoms with Gasteiger partial charge in [0.1, 0.15) is 6.61 Å². The number of alkyl carbamates (subject to hydrolysis) is 1. The molecule has 0 unspecified atom stereocenters. The fraction of sp³-hybridized carbons (Fsp3) is 0.407. The standard InChI is InChI=1S/C17H22N2O2.C10H13N3O2.ClH.3HI.V/c1-19(2)6-5-14-10-18-16-4-3-12(8-15(14)16)7-13-9-17(20)21-11-13;11-13-8-3-1-7(2-4-8)5-9-6-15-10(14)12-9;;;;;/h3-4,8,10,13,18H,5-7,9,11H2,1-2H3;1-4,9,13H,5-6,11H2,(H,12,14);4*1H;/q;;;;;;+2/p-2/t13-;9-;;;;;/m10...../s1. The number of amides is 1. The van der Waals surface area contributed by atoms with Crippen LogP contribution in [0.1, 0.15) is 23.1 Å². The predicted molar refractivity (Wildman–Crippen MR) is 190 cm³/mol. The van der Waals surface area contributed by atoms with Crippen molar-refractivity contribution in [2.75, 3.05) is 39.3 Å². The summed E-state index contributed by atoms with van der Waals surface area (Å²) in [6, 6.07) is 14.4. The summed E-state index contributed by atoms with van der Waals surface area (Å²) >= 11 is 4.74. The van der Waals surface area contributed by atoms with Gasteiger partial charge in [0.25, 0.3) is 0 Å². The molecule has 2 aliphatic heterocycles. The Balaban J connectivity index is 0.000000373. The van der Waals surface area contributed by atoms with Crippen LogP contribution in [0.15, 0.2) is 48.7 Å². The van der Waals surface area contributed by atoms with Crippen molar-refractivity contribution in [3.05, 3.63) is 65.4 Å². The number of nitrogens with one attached hydrogen (secondary N) is 3. The number of hydrazine groups is 1. The SMILES string of the molecule is CN(C)CCc1c[nH]c2ccc(C[C@H]3COC(=O)C3)cc12.Cl.I.NNc1ccc(C[C@H]2COC(=O)N2)cc1.[I][V][I]. The van der Waals surface area contributed by atoms with Gasteiger partial charge in [-0.2, -0.15) is 0 Å². The van der Waals surface area contributed by atoms with E-state index in [1.807, 2.05) is 24.3 Å². The first-order valence-electron chi connectivity index (χ1n) is 12.6. The topological polar surface area (TPSA) is 122 Å². The Labute approximate surface area is 293 Å². The van der Waals surface area contributed by atoms with Crippen molar-refractivity contribution in [2.24, 2.45) is 11.8 Å². The summed E-state index contributed by atoms with van der Waals surface area (Å²) < 4.78 is 9.85. The second-order valence-electron chi connectivity index (χ2n) is 9.75. The number of hydrogen-bond donors (Lipinski definition) is 4. The van der Waals surface area contributed by atoms with Gasteiger partial charge in [0.05, 0.1) is 19.1 Å². The third kappa shape index (κ3) is 13.4. The molecule has 41 heavy (non-hydrogen) atoms. The minimum atomic E-state index is -0.333. The molecule has 14 heteroatoms. The summed E-state index contributed by atoms with van der Waals surface area (Å²) in [7, 11) is 4.82. The van der Waals surface area contributed by atoms with Crippen LogP contribution >= 0.6 is 76.3 Å². The number of cyclic esters (lactones) is 2. The number of aromatic nitrogens is 1. The Morgan fingerprint density at radius 3 is 2.29 bits per heavy atom. The van der Waals surface area contributed by atoms with Gasteiger partial charge in [0.15, 0.2) is 0 Å². The van der Waals surface area contributed by atoms with Crippen molar-refractivity contribution in [2.45, 2.75) is 31.7 Å². The van der Waals surface area contributed by atoms with Crippen molar-refractivity contribution in [3.63, 3.8) is 0 Å². The molecular formula is C27H37ClI3N5O4V. The Morgan fingerprint density at radius 2 is 1.73 bits per heavy atom. The quantitative estimate of drug-likeness (QED) is 0.0975. The number of nitrogens with zero attached hydrogens (tertiary/aromatic N) is 1. The van der Waals surface area contributed by atoms with E-state index in [-0.39, 0.29) is 54.5 Å². The number of fused-ring (bicyclic) bond motifs is 1. The van der Waals surface area contributed by atoms with Crippen molar-refractivity contribution < 1.29 is 28.5 Å². The molecule has 5 N–H and O–H groups in total. The van der Waals surface area contributed by atoms with Crippen LogP contribution < -0.4 is 16.6 Å². The molecule has 2 aliphatic rings. The second kappa shape index (κ2) is 20.5. The number of aromatic amines is 1. The molecule has 0 saturated carbocycles. The van der Waals surface area contributed by atoms with E-state index in [2.05, 4.69) is 99.1 Å². The van der Waals surface area contributed by atoms with E-state index in [4.69, 9.17) is 15.3 Å². The van der Waals surface area contributed by atoms with Gasteiger partial charge in [-0.1, -0.05) is 18.2 Å². The first-order chi connectivity index (χ1) is 18.8. The van der Waals surface area contributed by atoms with E-state index in [0.717, 1.165) is 37.1 Å². The molecule has 9 nitrogen and oxygen atoms in total. The molecule has 0 aliphatic carbocycles. The van der Waals surface area contributed by atoms with Gasteiger partial charge in [-0.15, -0.1) is 36.4 Å². The number of likely N-dealkylation sites (N-methyl/N-ethyl adjacent to an activating group) is 1. The zero-order chi connectivity index (χ0) is 28.2. The molecule has 5 rings (SSSR count). The van der Waals surface area contributed by atoms with Crippen LogP contribution in [0.5, 0.6) is 0 Å². The monoisotopic (exact) mass is 962 g/mol. The number of rotatable bonds is 8. The zero-order valence-corrected chi connectivity index (χ0v) is 31.8. The number of ether oxygens (including phenoxy) is 2.